The van der Waals surface area contributed by atoms with Crippen molar-refractivity contribution < 1.29 is 0 Å². The molecule has 3 nitrogen and oxygen atoms in total. The number of unbranched alkanes of at least 4 members (excludes halogenated alkanes) is 9. The van der Waals surface area contributed by atoms with E-state index >= 15 is 0 Å². The molecule has 0 radical (unpaired) electrons. The Bertz CT molecular complexity index is 308. The van der Waals surface area contributed by atoms with Gasteiger partial charge >= 0.3 is 0 Å². The van der Waals surface area contributed by atoms with Gasteiger partial charge in [0.25, 0.3) is 0 Å². The van der Waals surface area contributed by atoms with Crippen molar-refractivity contribution in [3.05, 3.63) is 12.2 Å². The summed E-state index contributed by atoms with van der Waals surface area (Å²) >= 11 is 0. The van der Waals surface area contributed by atoms with E-state index in [1.807, 2.05) is 6.92 Å². The lowest BCUT2D eigenvalue weighted by molar-refractivity contribution is 0.367. The summed E-state index contributed by atoms with van der Waals surface area (Å²) in [6.07, 6.45) is 18.2. The number of rotatable bonds is 12. The molecule has 0 aliphatic carbocycles. The number of nitrogens with two attached hydrogens (primary N) is 1. The zero-order chi connectivity index (χ0) is 15.3. The van der Waals surface area contributed by atoms with Gasteiger partial charge in [-0.3, -0.25) is 4.99 Å². The first-order valence-corrected chi connectivity index (χ1v) is 8.99. The summed E-state index contributed by atoms with van der Waals surface area (Å²) in [6, 6.07) is 0. The molecule has 1 atom stereocenters. The lowest BCUT2D eigenvalue weighted by Gasteiger charge is -2.22. The summed E-state index contributed by atoms with van der Waals surface area (Å²) in [5.74, 6) is 1.07. The van der Waals surface area contributed by atoms with Crippen LogP contribution >= 0.6 is 0 Å². The molecule has 1 heterocycles. The summed E-state index contributed by atoms with van der Waals surface area (Å²) in [7, 11) is 0. The molecule has 1 rings (SSSR count). The lowest BCUT2D eigenvalue weighted by atomic mass is 10.1. The molecule has 0 saturated carbocycles. The Hall–Kier alpha value is -0.830. The molecule has 2 N–H and O–H groups in total. The molecule has 0 saturated heterocycles. The van der Waals surface area contributed by atoms with Crippen molar-refractivity contribution in [2.24, 2.45) is 10.7 Å². The fourth-order valence-electron chi connectivity index (χ4n) is 2.80. The smallest absolute Gasteiger partial charge is 0.124 e. The molecule has 1 aliphatic rings. The molecule has 0 bridgehead atoms. The Kier molecular flexibility index (Phi) is 10.2. The zero-order valence-electron chi connectivity index (χ0n) is 14.2. The Morgan fingerprint density at radius 3 is 2.33 bits per heavy atom. The first kappa shape index (κ1) is 18.2. The topological polar surface area (TPSA) is 41.6 Å². The first-order chi connectivity index (χ1) is 10.3. The molecule has 1 unspecified atom stereocenters. The SMILES string of the molecule is CCCCCCCCCCC/C=C/C1=NCCN1C(C)N. The predicted molar refractivity (Wildman–Crippen MR) is 93.6 cm³/mol. The molecule has 1 aliphatic heterocycles. The van der Waals surface area contributed by atoms with Gasteiger partial charge in [0.05, 0.1) is 12.7 Å². The second-order valence-electron chi connectivity index (χ2n) is 6.19. The van der Waals surface area contributed by atoms with Crippen molar-refractivity contribution in [1.82, 2.24) is 4.90 Å². The Labute approximate surface area is 131 Å². The highest BCUT2D eigenvalue weighted by Gasteiger charge is 2.16. The predicted octanol–water partition coefficient (Wildman–Crippen LogP) is 4.48. The Morgan fingerprint density at radius 1 is 1.10 bits per heavy atom. The zero-order valence-corrected chi connectivity index (χ0v) is 14.2. The van der Waals surface area contributed by atoms with Crippen LogP contribution in [0.15, 0.2) is 17.1 Å². The number of hydrogen-bond acceptors (Lipinski definition) is 3. The maximum absolute atomic E-state index is 5.93. The van der Waals surface area contributed by atoms with E-state index in [4.69, 9.17) is 5.73 Å². The quantitative estimate of drug-likeness (QED) is 0.539. The third-order valence-corrected chi connectivity index (χ3v) is 4.14. The van der Waals surface area contributed by atoms with Crippen molar-refractivity contribution in [2.75, 3.05) is 13.1 Å². The second-order valence-corrected chi connectivity index (χ2v) is 6.19. The van der Waals surface area contributed by atoms with Crippen LogP contribution < -0.4 is 5.73 Å². The molecule has 0 spiro atoms. The molecule has 0 aromatic rings. The average Bonchev–Trinajstić information content (AvgIpc) is 2.93. The van der Waals surface area contributed by atoms with Gasteiger partial charge in [-0.05, 0) is 25.8 Å². The molecule has 122 valence electrons. The van der Waals surface area contributed by atoms with Crippen molar-refractivity contribution in [2.45, 2.75) is 84.2 Å². The number of allylic oxidation sites excluding steroid dienone is 1. The molecular weight excluding hydrogens is 258 g/mol. The van der Waals surface area contributed by atoms with Gasteiger partial charge in [-0.15, -0.1) is 0 Å². The number of nitrogens with zero attached hydrogens (tertiary/aromatic N) is 2. The molecule has 0 fully saturated rings. The summed E-state index contributed by atoms with van der Waals surface area (Å²) in [4.78, 5) is 6.67. The van der Waals surface area contributed by atoms with Gasteiger partial charge in [-0.25, -0.2) is 0 Å². The van der Waals surface area contributed by atoms with Crippen molar-refractivity contribution in [3.63, 3.8) is 0 Å². The summed E-state index contributed by atoms with van der Waals surface area (Å²) in [5.41, 5.74) is 5.93. The summed E-state index contributed by atoms with van der Waals surface area (Å²) in [5, 5.41) is 0. The lowest BCUT2D eigenvalue weighted by Crippen LogP contribution is -2.41. The van der Waals surface area contributed by atoms with E-state index in [0.29, 0.717) is 0 Å². The minimum atomic E-state index is 0.0728. The van der Waals surface area contributed by atoms with Crippen LogP contribution in [0.1, 0.15) is 78.1 Å². The van der Waals surface area contributed by atoms with Crippen LogP contribution in [0.5, 0.6) is 0 Å². The molecule has 21 heavy (non-hydrogen) atoms. The molecule has 0 aromatic carbocycles. The van der Waals surface area contributed by atoms with Crippen LogP contribution in [-0.2, 0) is 0 Å². The van der Waals surface area contributed by atoms with E-state index in [1.54, 1.807) is 0 Å². The van der Waals surface area contributed by atoms with Crippen LogP contribution in [0.4, 0.5) is 0 Å². The monoisotopic (exact) mass is 293 g/mol. The van der Waals surface area contributed by atoms with Gasteiger partial charge in [0, 0.05) is 6.54 Å². The standard InChI is InChI=1S/C18H35N3/c1-3-4-5-6-7-8-9-10-11-12-13-14-18-20-15-16-21(18)17(2)19/h13-14,17H,3-12,15-16,19H2,1-2H3/b14-13+. The van der Waals surface area contributed by atoms with Gasteiger partial charge in [-0.2, -0.15) is 0 Å². The van der Waals surface area contributed by atoms with Gasteiger partial charge in [0.15, 0.2) is 0 Å². The maximum atomic E-state index is 5.93. The van der Waals surface area contributed by atoms with E-state index in [2.05, 4.69) is 29.0 Å². The van der Waals surface area contributed by atoms with Crippen LogP contribution in [0.25, 0.3) is 0 Å². The van der Waals surface area contributed by atoms with E-state index in [1.165, 1.54) is 64.2 Å². The highest BCUT2D eigenvalue weighted by atomic mass is 15.3. The third kappa shape index (κ3) is 8.25. The summed E-state index contributed by atoms with van der Waals surface area (Å²) < 4.78 is 0. The number of aliphatic imine (C=N–C) groups is 1. The van der Waals surface area contributed by atoms with Gasteiger partial charge in [0.1, 0.15) is 5.84 Å². The third-order valence-electron chi connectivity index (χ3n) is 4.14. The van der Waals surface area contributed by atoms with Gasteiger partial charge < -0.3 is 10.6 Å². The largest absolute Gasteiger partial charge is 0.340 e. The average molecular weight is 293 g/mol. The highest BCUT2D eigenvalue weighted by molar-refractivity contribution is 5.94. The van der Waals surface area contributed by atoms with E-state index in [0.717, 1.165) is 18.9 Å². The fourth-order valence-corrected chi connectivity index (χ4v) is 2.80. The molecule has 0 aromatic heterocycles. The molecular formula is C18H35N3. The van der Waals surface area contributed by atoms with Crippen LogP contribution in [-0.4, -0.2) is 30.0 Å². The van der Waals surface area contributed by atoms with Crippen molar-refractivity contribution in [3.8, 4) is 0 Å². The van der Waals surface area contributed by atoms with Crippen molar-refractivity contribution >= 4 is 5.84 Å². The Morgan fingerprint density at radius 2 is 1.71 bits per heavy atom. The normalized spacial score (nSPS) is 16.7. The molecule has 0 amide bonds. The number of amidine groups is 1. The summed E-state index contributed by atoms with van der Waals surface area (Å²) in [6.45, 7) is 6.15. The van der Waals surface area contributed by atoms with E-state index < -0.39 is 0 Å². The molecule has 3 heteroatoms. The van der Waals surface area contributed by atoms with Crippen LogP contribution in [0.3, 0.4) is 0 Å². The Balaban J connectivity index is 1.95. The minimum Gasteiger partial charge on any atom is -0.340 e. The maximum Gasteiger partial charge on any atom is 0.124 e. The minimum absolute atomic E-state index is 0.0728. The second kappa shape index (κ2) is 11.8. The van der Waals surface area contributed by atoms with E-state index in [-0.39, 0.29) is 6.17 Å². The highest BCUT2D eigenvalue weighted by Crippen LogP contribution is 2.11. The van der Waals surface area contributed by atoms with Gasteiger partial charge in [-0.1, -0.05) is 64.4 Å². The van der Waals surface area contributed by atoms with Crippen LogP contribution in [0, 0.1) is 0 Å². The van der Waals surface area contributed by atoms with Gasteiger partial charge in [0.2, 0.25) is 0 Å². The van der Waals surface area contributed by atoms with Crippen LogP contribution in [0.2, 0.25) is 0 Å². The fraction of sp³-hybridized carbons (Fsp3) is 0.833. The van der Waals surface area contributed by atoms with Crippen molar-refractivity contribution in [1.29, 1.82) is 0 Å². The van der Waals surface area contributed by atoms with E-state index in [9.17, 15) is 0 Å². The number of hydrogen-bond donors (Lipinski definition) is 1. The first-order valence-electron chi connectivity index (χ1n) is 8.99.